The van der Waals surface area contributed by atoms with Crippen LogP contribution in [0.15, 0.2) is 18.2 Å². The van der Waals surface area contributed by atoms with Gasteiger partial charge in [-0.05, 0) is 18.7 Å². The van der Waals surface area contributed by atoms with Gasteiger partial charge in [0.15, 0.2) is 0 Å². The molecule has 4 nitrogen and oxygen atoms in total. The molecule has 106 valence electrons. The minimum absolute atomic E-state index is 0.0219. The second kappa shape index (κ2) is 7.21. The highest BCUT2D eigenvalue weighted by atomic mass is 19.1. The van der Waals surface area contributed by atoms with Gasteiger partial charge in [0.2, 0.25) is 5.91 Å². The van der Waals surface area contributed by atoms with Crippen molar-refractivity contribution in [3.8, 4) is 0 Å². The van der Waals surface area contributed by atoms with Gasteiger partial charge in [-0.1, -0.05) is 19.1 Å². The molecule has 0 aliphatic rings. The molecule has 0 saturated heterocycles. The Morgan fingerprint density at radius 1 is 1.53 bits per heavy atom. The molecule has 0 saturated carbocycles. The highest BCUT2D eigenvalue weighted by molar-refractivity contribution is 5.78. The Morgan fingerprint density at radius 2 is 2.21 bits per heavy atom. The van der Waals surface area contributed by atoms with Gasteiger partial charge in [0.25, 0.3) is 0 Å². The van der Waals surface area contributed by atoms with Crippen LogP contribution in [-0.4, -0.2) is 31.4 Å². The van der Waals surface area contributed by atoms with Gasteiger partial charge in [-0.3, -0.25) is 4.79 Å². The fraction of sp³-hybridized carbons (Fsp3) is 0.500. The molecule has 1 rings (SSSR count). The van der Waals surface area contributed by atoms with Crippen LogP contribution in [0.25, 0.3) is 0 Å². The summed E-state index contributed by atoms with van der Waals surface area (Å²) < 4.78 is 13.3. The van der Waals surface area contributed by atoms with Crippen LogP contribution in [-0.2, 0) is 17.9 Å². The lowest BCUT2D eigenvalue weighted by Gasteiger charge is -2.20. The van der Waals surface area contributed by atoms with Crippen LogP contribution in [0.3, 0.4) is 0 Å². The summed E-state index contributed by atoms with van der Waals surface area (Å²) in [5, 5.41) is 2.63. The highest BCUT2D eigenvalue weighted by Gasteiger charge is 2.14. The van der Waals surface area contributed by atoms with E-state index < -0.39 is 0 Å². The number of nitrogens with one attached hydrogen (secondary N) is 1. The molecule has 1 aromatic rings. The molecule has 1 atom stereocenters. The normalized spacial score (nSPS) is 12.5. The van der Waals surface area contributed by atoms with Gasteiger partial charge in [-0.25, -0.2) is 4.39 Å². The van der Waals surface area contributed by atoms with Crippen LogP contribution in [0, 0.1) is 11.7 Å². The first-order chi connectivity index (χ1) is 8.97. The zero-order valence-corrected chi connectivity index (χ0v) is 11.7. The van der Waals surface area contributed by atoms with Crippen molar-refractivity contribution in [1.82, 2.24) is 10.2 Å². The average Bonchev–Trinajstić information content (AvgIpc) is 2.39. The lowest BCUT2D eigenvalue weighted by molar-refractivity contribution is -0.124. The SMILES string of the molecule is CNC(=O)C(C)CN(C)Cc1ccc(F)c(CN)c1. The number of nitrogens with two attached hydrogens (primary N) is 1. The summed E-state index contributed by atoms with van der Waals surface area (Å²) >= 11 is 0. The first-order valence-corrected chi connectivity index (χ1v) is 6.35. The van der Waals surface area contributed by atoms with E-state index in [9.17, 15) is 9.18 Å². The van der Waals surface area contributed by atoms with Crippen molar-refractivity contribution in [1.29, 1.82) is 0 Å². The molecule has 0 aliphatic heterocycles. The van der Waals surface area contributed by atoms with E-state index in [-0.39, 0.29) is 24.2 Å². The van der Waals surface area contributed by atoms with E-state index in [1.165, 1.54) is 6.07 Å². The molecule has 0 aliphatic carbocycles. The monoisotopic (exact) mass is 267 g/mol. The Labute approximate surface area is 113 Å². The summed E-state index contributed by atoms with van der Waals surface area (Å²) in [5.41, 5.74) is 6.99. The molecular formula is C14H22FN3O. The van der Waals surface area contributed by atoms with Crippen molar-refractivity contribution in [2.75, 3.05) is 20.6 Å². The number of hydrogen-bond donors (Lipinski definition) is 2. The number of carbonyl (C=O) groups excluding carboxylic acids is 1. The second-order valence-corrected chi connectivity index (χ2v) is 4.84. The van der Waals surface area contributed by atoms with Gasteiger partial charge in [0.05, 0.1) is 0 Å². The Morgan fingerprint density at radius 3 is 2.79 bits per heavy atom. The first-order valence-electron chi connectivity index (χ1n) is 6.35. The summed E-state index contributed by atoms with van der Waals surface area (Å²) in [6.45, 7) is 3.38. The van der Waals surface area contributed by atoms with Gasteiger partial charge < -0.3 is 16.0 Å². The standard InChI is InChI=1S/C14H22FN3O/c1-10(14(19)17-2)8-18(3)9-11-4-5-13(15)12(6-11)7-16/h4-6,10H,7-9,16H2,1-3H3,(H,17,19). The molecule has 5 heteroatoms. The number of rotatable bonds is 6. The smallest absolute Gasteiger partial charge is 0.223 e. The van der Waals surface area contributed by atoms with Crippen LogP contribution in [0.2, 0.25) is 0 Å². The molecule has 1 aromatic carbocycles. The van der Waals surface area contributed by atoms with E-state index >= 15 is 0 Å². The number of benzene rings is 1. The minimum Gasteiger partial charge on any atom is -0.359 e. The van der Waals surface area contributed by atoms with Crippen molar-refractivity contribution < 1.29 is 9.18 Å². The summed E-state index contributed by atoms with van der Waals surface area (Å²) in [6.07, 6.45) is 0. The fourth-order valence-electron chi connectivity index (χ4n) is 2.06. The third kappa shape index (κ3) is 4.61. The van der Waals surface area contributed by atoms with Crippen LogP contribution in [0.1, 0.15) is 18.1 Å². The quantitative estimate of drug-likeness (QED) is 0.811. The van der Waals surface area contributed by atoms with E-state index in [0.29, 0.717) is 18.7 Å². The van der Waals surface area contributed by atoms with Crippen molar-refractivity contribution in [2.24, 2.45) is 11.7 Å². The summed E-state index contributed by atoms with van der Waals surface area (Å²) in [4.78, 5) is 13.5. The van der Waals surface area contributed by atoms with E-state index in [2.05, 4.69) is 5.32 Å². The third-order valence-electron chi connectivity index (χ3n) is 3.06. The van der Waals surface area contributed by atoms with Crippen LogP contribution in [0.5, 0.6) is 0 Å². The third-order valence-corrected chi connectivity index (χ3v) is 3.06. The first kappa shape index (κ1) is 15.6. The predicted octanol–water partition coefficient (Wildman–Crippen LogP) is 1.10. The molecule has 3 N–H and O–H groups in total. The highest BCUT2D eigenvalue weighted by Crippen LogP contribution is 2.12. The molecule has 1 amide bonds. The van der Waals surface area contributed by atoms with Crippen LogP contribution >= 0.6 is 0 Å². The molecule has 0 fully saturated rings. The molecule has 0 aromatic heterocycles. The van der Waals surface area contributed by atoms with E-state index in [1.807, 2.05) is 18.9 Å². The predicted molar refractivity (Wildman–Crippen MR) is 73.9 cm³/mol. The summed E-state index contributed by atoms with van der Waals surface area (Å²) in [6, 6.07) is 4.96. The number of halogens is 1. The fourth-order valence-corrected chi connectivity index (χ4v) is 2.06. The average molecular weight is 267 g/mol. The number of hydrogen-bond acceptors (Lipinski definition) is 3. The second-order valence-electron chi connectivity index (χ2n) is 4.84. The van der Waals surface area contributed by atoms with E-state index in [4.69, 9.17) is 5.73 Å². The molecular weight excluding hydrogens is 245 g/mol. The summed E-state index contributed by atoms with van der Waals surface area (Å²) in [5.74, 6) is -0.328. The van der Waals surface area contributed by atoms with Gasteiger partial charge in [-0.2, -0.15) is 0 Å². The van der Waals surface area contributed by atoms with Crippen molar-refractivity contribution in [2.45, 2.75) is 20.0 Å². The topological polar surface area (TPSA) is 58.4 Å². The van der Waals surface area contributed by atoms with Gasteiger partial charge in [0.1, 0.15) is 5.82 Å². The Balaban J connectivity index is 2.61. The molecule has 0 bridgehead atoms. The van der Waals surface area contributed by atoms with Crippen molar-refractivity contribution in [3.05, 3.63) is 35.1 Å². The Bertz CT molecular complexity index is 437. The Hall–Kier alpha value is -1.46. The zero-order valence-electron chi connectivity index (χ0n) is 11.7. The van der Waals surface area contributed by atoms with Gasteiger partial charge >= 0.3 is 0 Å². The zero-order chi connectivity index (χ0) is 14.4. The van der Waals surface area contributed by atoms with E-state index in [0.717, 1.165) is 5.56 Å². The maximum absolute atomic E-state index is 13.3. The maximum atomic E-state index is 13.3. The molecule has 0 spiro atoms. The molecule has 19 heavy (non-hydrogen) atoms. The van der Waals surface area contributed by atoms with Crippen LogP contribution in [0.4, 0.5) is 4.39 Å². The lowest BCUT2D eigenvalue weighted by atomic mass is 10.1. The molecule has 0 heterocycles. The van der Waals surface area contributed by atoms with Crippen molar-refractivity contribution >= 4 is 5.91 Å². The molecule has 1 unspecified atom stereocenters. The molecule has 0 radical (unpaired) electrons. The van der Waals surface area contributed by atoms with Crippen molar-refractivity contribution in [3.63, 3.8) is 0 Å². The van der Waals surface area contributed by atoms with E-state index in [1.54, 1.807) is 19.2 Å². The summed E-state index contributed by atoms with van der Waals surface area (Å²) in [7, 11) is 3.57. The number of amides is 1. The maximum Gasteiger partial charge on any atom is 0.223 e. The Kier molecular flexibility index (Phi) is 5.92. The van der Waals surface area contributed by atoms with Gasteiger partial charge in [0, 0.05) is 38.2 Å². The van der Waals surface area contributed by atoms with Crippen LogP contribution < -0.4 is 11.1 Å². The lowest BCUT2D eigenvalue weighted by Crippen LogP contribution is -2.34. The minimum atomic E-state index is -0.271. The number of carbonyl (C=O) groups is 1. The van der Waals surface area contributed by atoms with Gasteiger partial charge in [-0.15, -0.1) is 0 Å². The number of nitrogens with zero attached hydrogens (tertiary/aromatic N) is 1. The largest absolute Gasteiger partial charge is 0.359 e.